The largest absolute Gasteiger partial charge is 0.389 e. The van der Waals surface area contributed by atoms with Crippen LogP contribution in [0.25, 0.3) is 0 Å². The van der Waals surface area contributed by atoms with Crippen molar-refractivity contribution in [1.82, 2.24) is 10.3 Å². The van der Waals surface area contributed by atoms with Crippen molar-refractivity contribution in [3.05, 3.63) is 29.6 Å². The van der Waals surface area contributed by atoms with Gasteiger partial charge in [-0.2, -0.15) is 0 Å². The van der Waals surface area contributed by atoms with Gasteiger partial charge in [0.15, 0.2) is 0 Å². The monoisotopic (exact) mass is 279 g/mol. The molecule has 1 aliphatic rings. The molecule has 0 aliphatic carbocycles. The molecule has 1 aromatic heterocycles. The number of carbonyl (C=O) groups is 1. The molecule has 1 aliphatic heterocycles. The van der Waals surface area contributed by atoms with E-state index in [4.69, 9.17) is 22.7 Å². The van der Waals surface area contributed by atoms with Gasteiger partial charge in [0.05, 0.1) is 12.1 Å². The minimum absolute atomic E-state index is 0.0212. The molecule has 0 spiro atoms. The predicted octanol–water partition coefficient (Wildman–Crippen LogP) is 1.01. The summed E-state index contributed by atoms with van der Waals surface area (Å²) < 4.78 is 5.53. The fourth-order valence-corrected chi connectivity index (χ4v) is 2.17. The molecule has 1 amide bonds. The number of hydrogen-bond acceptors (Lipinski definition) is 4. The zero-order valence-electron chi connectivity index (χ0n) is 10.8. The van der Waals surface area contributed by atoms with Crippen LogP contribution in [-0.4, -0.2) is 34.6 Å². The van der Waals surface area contributed by atoms with Gasteiger partial charge >= 0.3 is 0 Å². The second-order valence-electron chi connectivity index (χ2n) is 4.61. The Hall–Kier alpha value is -1.53. The molecule has 5 nitrogen and oxygen atoms in total. The van der Waals surface area contributed by atoms with E-state index in [1.807, 2.05) is 6.92 Å². The van der Waals surface area contributed by atoms with Crippen molar-refractivity contribution in [3.63, 3.8) is 0 Å². The molecule has 19 heavy (non-hydrogen) atoms. The van der Waals surface area contributed by atoms with Gasteiger partial charge in [-0.25, -0.2) is 0 Å². The molecular weight excluding hydrogens is 262 g/mol. The summed E-state index contributed by atoms with van der Waals surface area (Å²) in [5.41, 5.74) is 6.48. The lowest BCUT2D eigenvalue weighted by atomic mass is 10.1. The molecule has 2 unspecified atom stereocenters. The van der Waals surface area contributed by atoms with Gasteiger partial charge in [-0.15, -0.1) is 0 Å². The summed E-state index contributed by atoms with van der Waals surface area (Å²) in [5, 5.41) is 2.90. The predicted molar refractivity (Wildman–Crippen MR) is 76.0 cm³/mol. The maximum Gasteiger partial charge on any atom is 0.270 e. The topological polar surface area (TPSA) is 77.2 Å². The van der Waals surface area contributed by atoms with Gasteiger partial charge in [-0.3, -0.25) is 9.78 Å². The van der Waals surface area contributed by atoms with Crippen molar-refractivity contribution in [2.45, 2.75) is 31.9 Å². The molecule has 6 heteroatoms. The smallest absolute Gasteiger partial charge is 0.270 e. The average Bonchev–Trinajstić information content (AvgIpc) is 2.92. The van der Waals surface area contributed by atoms with Gasteiger partial charge in [0.1, 0.15) is 10.7 Å². The van der Waals surface area contributed by atoms with Crippen molar-refractivity contribution in [2.24, 2.45) is 5.73 Å². The molecule has 0 radical (unpaired) electrons. The second kappa shape index (κ2) is 6.08. The van der Waals surface area contributed by atoms with Crippen molar-refractivity contribution in [1.29, 1.82) is 0 Å². The number of nitrogens with one attached hydrogen (secondary N) is 1. The molecule has 1 aromatic rings. The van der Waals surface area contributed by atoms with E-state index in [1.54, 1.807) is 12.1 Å². The van der Waals surface area contributed by atoms with E-state index in [9.17, 15) is 4.79 Å². The third-order valence-corrected chi connectivity index (χ3v) is 3.40. The number of carbonyl (C=O) groups excluding carboxylic acids is 1. The Morgan fingerprint density at radius 3 is 2.95 bits per heavy atom. The lowest BCUT2D eigenvalue weighted by molar-refractivity contribution is 0.0709. The number of amides is 1. The van der Waals surface area contributed by atoms with Crippen molar-refractivity contribution < 1.29 is 9.53 Å². The molecule has 2 rings (SSSR count). The molecule has 0 aromatic carbocycles. The fourth-order valence-electron chi connectivity index (χ4n) is 2.04. The molecule has 2 heterocycles. The van der Waals surface area contributed by atoms with Gasteiger partial charge in [-0.05, 0) is 31.9 Å². The van der Waals surface area contributed by atoms with Crippen LogP contribution >= 0.6 is 12.2 Å². The Labute approximate surface area is 117 Å². The summed E-state index contributed by atoms with van der Waals surface area (Å²) in [5.74, 6) is -0.211. The van der Waals surface area contributed by atoms with Crippen molar-refractivity contribution >= 4 is 23.1 Å². The molecule has 2 atom stereocenters. The third kappa shape index (κ3) is 3.48. The Bertz CT molecular complexity index is 469. The van der Waals surface area contributed by atoms with Crippen LogP contribution in [0.4, 0.5) is 0 Å². The molecule has 0 saturated carbocycles. The first-order chi connectivity index (χ1) is 9.08. The van der Waals surface area contributed by atoms with Crippen LogP contribution in [0.5, 0.6) is 0 Å². The number of nitrogens with zero attached hydrogens (tertiary/aromatic N) is 1. The number of aromatic nitrogens is 1. The summed E-state index contributed by atoms with van der Waals surface area (Å²) in [6, 6.07) is 3.29. The second-order valence-corrected chi connectivity index (χ2v) is 5.05. The standard InChI is InChI=1S/C13H17N3O2S/c1-8(11-3-2-6-18-11)16-13(17)10-5-4-9(7-15-10)12(14)19/h4-5,7-8,11H,2-3,6H2,1H3,(H2,14,19)(H,16,17). The normalized spacial score (nSPS) is 19.9. The Morgan fingerprint density at radius 1 is 1.63 bits per heavy atom. The lowest BCUT2D eigenvalue weighted by Crippen LogP contribution is -2.41. The first kappa shape index (κ1) is 13.9. The van der Waals surface area contributed by atoms with Crippen LogP contribution in [0.15, 0.2) is 18.3 Å². The van der Waals surface area contributed by atoms with Crippen LogP contribution in [0.1, 0.15) is 35.8 Å². The van der Waals surface area contributed by atoms with Gasteiger partial charge in [0, 0.05) is 18.4 Å². The average molecular weight is 279 g/mol. The number of hydrogen-bond donors (Lipinski definition) is 2. The summed E-state index contributed by atoms with van der Waals surface area (Å²) in [7, 11) is 0. The molecule has 0 bridgehead atoms. The van der Waals surface area contributed by atoms with E-state index >= 15 is 0 Å². The van der Waals surface area contributed by atoms with Crippen molar-refractivity contribution in [3.8, 4) is 0 Å². The zero-order valence-corrected chi connectivity index (χ0v) is 11.6. The number of rotatable bonds is 4. The molecule has 1 fully saturated rings. The van der Waals surface area contributed by atoms with Crippen molar-refractivity contribution in [2.75, 3.05) is 6.61 Å². The highest BCUT2D eigenvalue weighted by molar-refractivity contribution is 7.80. The third-order valence-electron chi connectivity index (χ3n) is 3.16. The van der Waals surface area contributed by atoms with Gasteiger partial charge in [0.2, 0.25) is 0 Å². The Morgan fingerprint density at radius 2 is 2.42 bits per heavy atom. The number of thiocarbonyl (C=S) groups is 1. The Balaban J connectivity index is 1.97. The van der Waals surface area contributed by atoms with Crippen LogP contribution in [0.2, 0.25) is 0 Å². The van der Waals surface area contributed by atoms with E-state index < -0.39 is 0 Å². The number of pyridine rings is 1. The van der Waals surface area contributed by atoms with E-state index in [-0.39, 0.29) is 23.0 Å². The minimum atomic E-state index is -0.211. The zero-order chi connectivity index (χ0) is 13.8. The quantitative estimate of drug-likeness (QED) is 0.804. The van der Waals surface area contributed by atoms with Crippen LogP contribution in [0.3, 0.4) is 0 Å². The minimum Gasteiger partial charge on any atom is -0.389 e. The van der Waals surface area contributed by atoms with E-state index in [1.165, 1.54) is 6.20 Å². The van der Waals surface area contributed by atoms with Gasteiger partial charge in [0.25, 0.3) is 5.91 Å². The van der Waals surface area contributed by atoms with Crippen LogP contribution < -0.4 is 11.1 Å². The molecular formula is C13H17N3O2S. The first-order valence-electron chi connectivity index (χ1n) is 6.26. The van der Waals surface area contributed by atoms with E-state index in [0.717, 1.165) is 19.4 Å². The summed E-state index contributed by atoms with van der Waals surface area (Å²) >= 11 is 4.83. The fraction of sp³-hybridized carbons (Fsp3) is 0.462. The summed E-state index contributed by atoms with van der Waals surface area (Å²) in [6.07, 6.45) is 3.63. The van der Waals surface area contributed by atoms with E-state index in [0.29, 0.717) is 11.3 Å². The van der Waals surface area contributed by atoms with Gasteiger partial charge in [-0.1, -0.05) is 12.2 Å². The van der Waals surface area contributed by atoms with E-state index in [2.05, 4.69) is 10.3 Å². The Kier molecular flexibility index (Phi) is 4.44. The van der Waals surface area contributed by atoms with Crippen LogP contribution in [0, 0.1) is 0 Å². The highest BCUT2D eigenvalue weighted by atomic mass is 32.1. The molecule has 1 saturated heterocycles. The first-order valence-corrected chi connectivity index (χ1v) is 6.67. The SMILES string of the molecule is CC(NC(=O)c1ccc(C(N)=S)cn1)C1CCCO1. The maximum atomic E-state index is 12.0. The maximum absolute atomic E-state index is 12.0. The number of nitrogens with two attached hydrogens (primary N) is 1. The molecule has 3 N–H and O–H groups in total. The highest BCUT2D eigenvalue weighted by Crippen LogP contribution is 2.15. The molecule has 102 valence electrons. The summed E-state index contributed by atoms with van der Waals surface area (Å²) in [6.45, 7) is 2.71. The summed E-state index contributed by atoms with van der Waals surface area (Å²) in [4.78, 5) is 16.3. The van der Waals surface area contributed by atoms with Crippen LogP contribution in [-0.2, 0) is 4.74 Å². The lowest BCUT2D eigenvalue weighted by Gasteiger charge is -2.19. The number of ether oxygens (including phenoxy) is 1. The van der Waals surface area contributed by atoms with Gasteiger partial charge < -0.3 is 15.8 Å². The highest BCUT2D eigenvalue weighted by Gasteiger charge is 2.24.